The van der Waals surface area contributed by atoms with E-state index in [1.165, 1.54) is 13.8 Å². The van der Waals surface area contributed by atoms with Gasteiger partial charge in [0.05, 0.1) is 6.04 Å². The Bertz CT molecular complexity index is 833. The van der Waals surface area contributed by atoms with Gasteiger partial charge in [-0.3, -0.25) is 23.4 Å². The Labute approximate surface area is 199 Å². The molecule has 0 fully saturated rings. The first-order chi connectivity index (χ1) is 15.4. The number of hydrogen-bond acceptors (Lipinski definition) is 9. The maximum absolute atomic E-state index is 12.2. The lowest BCUT2D eigenvalue weighted by Crippen LogP contribution is -2.43. The summed E-state index contributed by atoms with van der Waals surface area (Å²) in [6.07, 6.45) is -0.0685. The SMILES string of the molecule is COP(=O)(O)OC(C)(C)[C@H](O)C(=O)CCCC(=O)CCCSC(=O)[C@@H](N)Cc1ccccc1. The van der Waals surface area contributed by atoms with E-state index in [4.69, 9.17) is 10.3 Å². The summed E-state index contributed by atoms with van der Waals surface area (Å²) in [4.78, 5) is 45.7. The molecule has 4 N–H and O–H groups in total. The number of carbonyl (C=O) groups is 3. The van der Waals surface area contributed by atoms with Crippen molar-refractivity contribution in [1.82, 2.24) is 0 Å². The fraction of sp³-hybridized carbons (Fsp3) is 0.591. The first-order valence-electron chi connectivity index (χ1n) is 10.7. The van der Waals surface area contributed by atoms with E-state index in [0.29, 0.717) is 18.6 Å². The number of phosphoric acid groups is 1. The molecule has 0 spiro atoms. The van der Waals surface area contributed by atoms with E-state index in [2.05, 4.69) is 4.52 Å². The summed E-state index contributed by atoms with van der Waals surface area (Å²) in [6.45, 7) is 2.60. The van der Waals surface area contributed by atoms with Gasteiger partial charge in [-0.05, 0) is 38.7 Å². The summed E-state index contributed by atoms with van der Waals surface area (Å²) in [7, 11) is -3.40. The van der Waals surface area contributed by atoms with E-state index >= 15 is 0 Å². The molecule has 0 radical (unpaired) electrons. The molecule has 0 saturated carbocycles. The Kier molecular flexibility index (Phi) is 12.7. The lowest BCUT2D eigenvalue weighted by atomic mass is 9.95. The number of aliphatic hydroxyl groups excluding tert-OH is 1. The second-order valence-electron chi connectivity index (χ2n) is 8.17. The quantitative estimate of drug-likeness (QED) is 0.227. The van der Waals surface area contributed by atoms with Gasteiger partial charge in [-0.2, -0.15) is 0 Å². The van der Waals surface area contributed by atoms with E-state index in [1.54, 1.807) is 0 Å². The largest absolute Gasteiger partial charge is 0.472 e. The monoisotopic (exact) mass is 503 g/mol. The van der Waals surface area contributed by atoms with Gasteiger partial charge < -0.3 is 15.7 Å². The molecule has 0 amide bonds. The van der Waals surface area contributed by atoms with Gasteiger partial charge in [0, 0.05) is 32.1 Å². The van der Waals surface area contributed by atoms with Crippen LogP contribution < -0.4 is 5.73 Å². The fourth-order valence-electron chi connectivity index (χ4n) is 2.99. The van der Waals surface area contributed by atoms with Crippen LogP contribution in [0.5, 0.6) is 0 Å². The van der Waals surface area contributed by atoms with Gasteiger partial charge in [0.1, 0.15) is 17.5 Å². The Morgan fingerprint density at radius 1 is 1.12 bits per heavy atom. The van der Waals surface area contributed by atoms with Crippen LogP contribution in [0.3, 0.4) is 0 Å². The van der Waals surface area contributed by atoms with E-state index in [9.17, 15) is 28.9 Å². The van der Waals surface area contributed by atoms with E-state index in [-0.39, 0.29) is 36.6 Å². The van der Waals surface area contributed by atoms with Crippen LogP contribution in [0.2, 0.25) is 0 Å². The normalized spacial score (nSPS) is 15.5. The predicted octanol–water partition coefficient (Wildman–Crippen LogP) is 2.81. The minimum absolute atomic E-state index is 0.0475. The number of Topliss-reactive ketones (excluding diaryl/α,β-unsaturated/α-hetero) is 2. The Balaban J connectivity index is 2.25. The zero-order valence-corrected chi connectivity index (χ0v) is 21.0. The van der Waals surface area contributed by atoms with Gasteiger partial charge >= 0.3 is 7.82 Å². The fourth-order valence-corrected chi connectivity index (χ4v) is 4.55. The van der Waals surface area contributed by atoms with Crippen molar-refractivity contribution in [3.8, 4) is 0 Å². The van der Waals surface area contributed by atoms with Gasteiger partial charge in [0.2, 0.25) is 5.12 Å². The van der Waals surface area contributed by atoms with E-state index < -0.39 is 31.4 Å². The van der Waals surface area contributed by atoms with E-state index in [1.807, 2.05) is 30.3 Å². The first-order valence-corrected chi connectivity index (χ1v) is 13.1. The smallest absolute Gasteiger partial charge is 0.382 e. The maximum atomic E-state index is 12.2. The Morgan fingerprint density at radius 3 is 2.33 bits per heavy atom. The highest BCUT2D eigenvalue weighted by Crippen LogP contribution is 2.47. The van der Waals surface area contributed by atoms with Gasteiger partial charge in [-0.25, -0.2) is 4.57 Å². The average molecular weight is 504 g/mol. The summed E-state index contributed by atoms with van der Waals surface area (Å²) in [5.41, 5.74) is 5.31. The third-order valence-electron chi connectivity index (χ3n) is 4.87. The van der Waals surface area contributed by atoms with Crippen LogP contribution in [0.1, 0.15) is 51.5 Å². The van der Waals surface area contributed by atoms with Crippen LogP contribution in [0.25, 0.3) is 0 Å². The second-order valence-corrected chi connectivity index (χ2v) is 10.8. The van der Waals surface area contributed by atoms with Crippen LogP contribution in [-0.2, 0) is 34.4 Å². The summed E-state index contributed by atoms with van der Waals surface area (Å²) in [5, 5.41) is 10.0. The molecule has 9 nitrogen and oxygen atoms in total. The molecule has 0 heterocycles. The van der Waals surface area contributed by atoms with Crippen molar-refractivity contribution in [1.29, 1.82) is 0 Å². The lowest BCUT2D eigenvalue weighted by molar-refractivity contribution is -0.138. The maximum Gasteiger partial charge on any atom is 0.472 e. The zero-order chi connectivity index (χ0) is 25.1. The molecular weight excluding hydrogens is 469 g/mol. The topological polar surface area (TPSA) is 153 Å². The summed E-state index contributed by atoms with van der Waals surface area (Å²) < 4.78 is 20.7. The molecule has 1 unspecified atom stereocenters. The van der Waals surface area contributed by atoms with Gasteiger partial charge in [-0.15, -0.1) is 0 Å². The number of rotatable bonds is 16. The van der Waals surface area contributed by atoms with Crippen molar-refractivity contribution < 1.29 is 38.0 Å². The summed E-state index contributed by atoms with van der Waals surface area (Å²) in [6, 6.07) is 8.92. The molecule has 1 aromatic rings. The number of phosphoric ester groups is 1. The number of aliphatic hydroxyl groups is 1. The molecule has 11 heteroatoms. The van der Waals surface area contributed by atoms with Gasteiger partial charge in [0.15, 0.2) is 5.78 Å². The van der Waals surface area contributed by atoms with Crippen molar-refractivity contribution in [2.75, 3.05) is 12.9 Å². The number of benzene rings is 1. The minimum atomic E-state index is -4.38. The second kappa shape index (κ2) is 14.1. The average Bonchev–Trinajstić information content (AvgIpc) is 2.75. The molecule has 0 aliphatic heterocycles. The van der Waals surface area contributed by atoms with Crippen molar-refractivity contribution in [2.45, 2.75) is 70.1 Å². The highest BCUT2D eigenvalue weighted by Gasteiger charge is 2.40. The molecule has 0 aliphatic rings. The van der Waals surface area contributed by atoms with Crippen LogP contribution in [0.15, 0.2) is 30.3 Å². The zero-order valence-electron chi connectivity index (χ0n) is 19.3. The summed E-state index contributed by atoms with van der Waals surface area (Å²) >= 11 is 1.12. The molecule has 0 aromatic heterocycles. The molecule has 186 valence electrons. The molecule has 0 aliphatic carbocycles. The van der Waals surface area contributed by atoms with Crippen molar-refractivity contribution in [3.63, 3.8) is 0 Å². The molecule has 1 rings (SSSR count). The molecular formula is C22H34NO8PS. The van der Waals surface area contributed by atoms with Crippen LogP contribution in [-0.4, -0.2) is 57.3 Å². The third kappa shape index (κ3) is 11.5. The first kappa shape index (κ1) is 29.6. The molecule has 0 bridgehead atoms. The standard InChI is InChI=1S/C22H34NO8PS/c1-22(2,31-32(28,29)30-3)20(26)19(25)13-7-11-17(24)12-8-14-33-21(27)18(23)15-16-9-5-4-6-10-16/h4-6,9-10,18,20,26H,7-8,11-15,23H2,1-3H3,(H,28,29)/t18-,20+/m0/s1. The number of carbonyl (C=O) groups excluding carboxylic acids is 3. The third-order valence-corrected chi connectivity index (χ3v) is 7.11. The van der Waals surface area contributed by atoms with Crippen LogP contribution >= 0.6 is 19.6 Å². The highest BCUT2D eigenvalue weighted by molar-refractivity contribution is 8.13. The number of thioether (sulfide) groups is 1. The molecule has 3 atom stereocenters. The Morgan fingerprint density at radius 2 is 1.73 bits per heavy atom. The molecule has 0 saturated heterocycles. The highest BCUT2D eigenvalue weighted by atomic mass is 32.2. The molecule has 1 aromatic carbocycles. The summed E-state index contributed by atoms with van der Waals surface area (Å²) in [5.74, 6) is -0.164. The number of nitrogens with two attached hydrogens (primary N) is 1. The number of hydrogen-bond donors (Lipinski definition) is 3. The van der Waals surface area contributed by atoms with Gasteiger partial charge in [0.25, 0.3) is 0 Å². The minimum Gasteiger partial charge on any atom is -0.382 e. The van der Waals surface area contributed by atoms with Gasteiger partial charge in [-0.1, -0.05) is 42.1 Å². The Hall–Kier alpha value is -1.39. The van der Waals surface area contributed by atoms with Crippen LogP contribution in [0, 0.1) is 0 Å². The van der Waals surface area contributed by atoms with Crippen molar-refractivity contribution in [3.05, 3.63) is 35.9 Å². The lowest BCUT2D eigenvalue weighted by Gasteiger charge is -2.30. The number of ketones is 2. The van der Waals surface area contributed by atoms with E-state index in [0.717, 1.165) is 24.4 Å². The molecule has 33 heavy (non-hydrogen) atoms. The predicted molar refractivity (Wildman–Crippen MR) is 127 cm³/mol. The van der Waals surface area contributed by atoms with Crippen molar-refractivity contribution >= 4 is 36.3 Å². The van der Waals surface area contributed by atoms with Crippen LogP contribution in [0.4, 0.5) is 0 Å². The van der Waals surface area contributed by atoms with Crippen molar-refractivity contribution in [2.24, 2.45) is 5.73 Å².